The maximum absolute atomic E-state index is 2.52. The van der Waals surface area contributed by atoms with E-state index in [0.29, 0.717) is 0 Å². The number of para-hydroxylation sites is 1. The summed E-state index contributed by atoms with van der Waals surface area (Å²) in [5.74, 6) is 0. The molecule has 2 heterocycles. The van der Waals surface area contributed by atoms with Crippen LogP contribution in [0.2, 0.25) is 0 Å². The van der Waals surface area contributed by atoms with Crippen molar-refractivity contribution in [2.75, 3.05) is 0 Å². The summed E-state index contributed by atoms with van der Waals surface area (Å²) in [6.07, 6.45) is 0. The Kier molecular flexibility index (Phi) is 4.65. The van der Waals surface area contributed by atoms with Crippen molar-refractivity contribution in [3.63, 3.8) is 0 Å². The van der Waals surface area contributed by atoms with Crippen LogP contribution in [-0.2, 0) is 5.41 Å². The van der Waals surface area contributed by atoms with Gasteiger partial charge in [-0.1, -0.05) is 133 Å². The lowest BCUT2D eigenvalue weighted by Crippen LogP contribution is -2.32. The van der Waals surface area contributed by atoms with E-state index in [9.17, 15) is 0 Å². The van der Waals surface area contributed by atoms with Gasteiger partial charge in [0.15, 0.2) is 0 Å². The summed E-state index contributed by atoms with van der Waals surface area (Å²) in [5, 5.41) is 5.10. The van der Waals surface area contributed by atoms with E-state index in [1.54, 1.807) is 0 Å². The van der Waals surface area contributed by atoms with Crippen LogP contribution < -0.4 is 0 Å². The normalized spacial score (nSPS) is 14.1. The van der Waals surface area contributed by atoms with E-state index in [2.05, 4.69) is 156 Å². The predicted molar refractivity (Wildman–Crippen MR) is 180 cm³/mol. The molecule has 0 radical (unpaired) electrons. The second kappa shape index (κ2) is 8.50. The molecular formula is C41H25NS. The lowest BCUT2D eigenvalue weighted by molar-refractivity contribution is 0.724. The fraction of sp³-hybridized carbons (Fsp3) is 0.0244. The maximum Gasteiger partial charge on any atom is 0.0736 e. The zero-order valence-electron chi connectivity index (χ0n) is 23.3. The van der Waals surface area contributed by atoms with Crippen LogP contribution >= 0.6 is 11.8 Å². The average Bonchev–Trinajstić information content (AvgIpc) is 3.54. The van der Waals surface area contributed by atoms with Crippen molar-refractivity contribution < 1.29 is 0 Å². The molecule has 1 spiro atoms. The topological polar surface area (TPSA) is 4.93 Å². The summed E-state index contributed by atoms with van der Waals surface area (Å²) in [6.45, 7) is 0. The standard InChI is InChI=1S/C41H25NS/c1-2-14-27-26(12-1)13-11-22-36(27)42-37-21-9-5-17-30(37)31-24-40-35(25-38(31)42)41(34-20-8-10-23-39(34)43-40)32-18-6-3-15-28(32)29-16-4-7-19-33(29)41/h1-25H. The number of nitrogens with zero attached hydrogens (tertiary/aromatic N) is 1. The van der Waals surface area contributed by atoms with Crippen molar-refractivity contribution in [2.24, 2.45) is 0 Å². The molecule has 0 amide bonds. The number of hydrogen-bond donors (Lipinski definition) is 0. The molecular weight excluding hydrogens is 539 g/mol. The van der Waals surface area contributed by atoms with E-state index in [4.69, 9.17) is 0 Å². The number of hydrogen-bond acceptors (Lipinski definition) is 1. The summed E-state index contributed by atoms with van der Waals surface area (Å²) in [7, 11) is 0. The van der Waals surface area contributed by atoms with Crippen LogP contribution in [0.5, 0.6) is 0 Å². The van der Waals surface area contributed by atoms with E-state index in [1.807, 2.05) is 11.8 Å². The first kappa shape index (κ1) is 23.5. The van der Waals surface area contributed by atoms with E-state index < -0.39 is 5.41 Å². The molecule has 0 saturated heterocycles. The molecule has 1 aliphatic heterocycles. The second-order valence-electron chi connectivity index (χ2n) is 11.7. The first-order valence-electron chi connectivity index (χ1n) is 14.9. The summed E-state index contributed by atoms with van der Waals surface area (Å²) in [6, 6.07) is 56.4. The molecule has 0 bridgehead atoms. The Labute approximate surface area is 254 Å². The van der Waals surface area contributed by atoms with E-state index in [0.717, 1.165) is 0 Å². The van der Waals surface area contributed by atoms with Gasteiger partial charge in [-0.3, -0.25) is 0 Å². The number of fused-ring (bicyclic) bond motifs is 13. The lowest BCUT2D eigenvalue weighted by atomic mass is 9.67. The first-order valence-corrected chi connectivity index (χ1v) is 15.7. The van der Waals surface area contributed by atoms with Crippen molar-refractivity contribution in [2.45, 2.75) is 15.2 Å². The van der Waals surface area contributed by atoms with Crippen LogP contribution in [-0.4, -0.2) is 4.57 Å². The smallest absolute Gasteiger partial charge is 0.0736 e. The van der Waals surface area contributed by atoms with Gasteiger partial charge in [0, 0.05) is 25.9 Å². The molecule has 10 rings (SSSR count). The maximum atomic E-state index is 2.52. The fourth-order valence-electron chi connectivity index (χ4n) is 7.98. The third-order valence-corrected chi connectivity index (χ3v) is 10.8. The Morgan fingerprint density at radius 3 is 1.86 bits per heavy atom. The molecule has 0 saturated carbocycles. The summed E-state index contributed by atoms with van der Waals surface area (Å²) in [5.41, 5.74) is 11.5. The van der Waals surface area contributed by atoms with Crippen molar-refractivity contribution in [1.82, 2.24) is 4.57 Å². The van der Waals surface area contributed by atoms with E-state index in [1.165, 1.54) is 81.4 Å². The molecule has 7 aromatic carbocycles. The zero-order chi connectivity index (χ0) is 28.1. The highest BCUT2D eigenvalue weighted by molar-refractivity contribution is 7.99. The minimum atomic E-state index is -0.390. The van der Waals surface area contributed by atoms with Crippen LogP contribution in [0.3, 0.4) is 0 Å². The summed E-state index contributed by atoms with van der Waals surface area (Å²) in [4.78, 5) is 2.66. The highest BCUT2D eigenvalue weighted by atomic mass is 32.2. The predicted octanol–water partition coefficient (Wildman–Crippen LogP) is 10.8. The van der Waals surface area contributed by atoms with Gasteiger partial charge in [0.05, 0.1) is 22.1 Å². The number of rotatable bonds is 1. The monoisotopic (exact) mass is 563 g/mol. The third-order valence-electron chi connectivity index (χ3n) is 9.65. The van der Waals surface area contributed by atoms with Crippen LogP contribution in [0.15, 0.2) is 161 Å². The number of aromatic nitrogens is 1. The average molecular weight is 564 g/mol. The second-order valence-corrected chi connectivity index (χ2v) is 12.7. The minimum Gasteiger partial charge on any atom is -0.309 e. The molecule has 1 nitrogen and oxygen atoms in total. The molecule has 2 aliphatic rings. The molecule has 0 N–H and O–H groups in total. The molecule has 8 aromatic rings. The summed E-state index contributed by atoms with van der Waals surface area (Å²) >= 11 is 1.91. The molecule has 43 heavy (non-hydrogen) atoms. The quantitative estimate of drug-likeness (QED) is 0.192. The summed E-state index contributed by atoms with van der Waals surface area (Å²) < 4.78 is 2.50. The van der Waals surface area contributed by atoms with Gasteiger partial charge in [-0.2, -0.15) is 0 Å². The number of benzene rings is 7. The van der Waals surface area contributed by atoms with Gasteiger partial charge in [0.25, 0.3) is 0 Å². The van der Waals surface area contributed by atoms with Gasteiger partial charge in [0.2, 0.25) is 0 Å². The van der Waals surface area contributed by atoms with Gasteiger partial charge in [-0.15, -0.1) is 0 Å². The third kappa shape index (κ3) is 2.94. The Morgan fingerprint density at radius 2 is 1.05 bits per heavy atom. The molecule has 200 valence electrons. The Hall–Kier alpha value is -5.05. The minimum absolute atomic E-state index is 0.390. The Bertz CT molecular complexity index is 2400. The zero-order valence-corrected chi connectivity index (χ0v) is 24.1. The lowest BCUT2D eigenvalue weighted by Gasteiger charge is -2.39. The van der Waals surface area contributed by atoms with Crippen molar-refractivity contribution in [3.8, 4) is 16.8 Å². The molecule has 1 aromatic heterocycles. The first-order chi connectivity index (χ1) is 21.3. The largest absolute Gasteiger partial charge is 0.309 e. The Balaban J connectivity index is 1.40. The molecule has 0 fully saturated rings. The van der Waals surface area contributed by atoms with Crippen LogP contribution in [0.1, 0.15) is 22.3 Å². The van der Waals surface area contributed by atoms with Crippen molar-refractivity contribution in [3.05, 3.63) is 174 Å². The van der Waals surface area contributed by atoms with E-state index >= 15 is 0 Å². The SMILES string of the molecule is c1ccc2c(c1)Sc1cc3c4ccccc4n(-c4cccc5ccccc45)c3cc1C21c2ccccc2-c2ccccc21. The van der Waals surface area contributed by atoms with Gasteiger partial charge >= 0.3 is 0 Å². The highest BCUT2D eigenvalue weighted by Gasteiger charge is 2.50. The van der Waals surface area contributed by atoms with Crippen LogP contribution in [0.25, 0.3) is 49.4 Å². The van der Waals surface area contributed by atoms with Crippen molar-refractivity contribution in [1.29, 1.82) is 0 Å². The highest BCUT2D eigenvalue weighted by Crippen LogP contribution is 2.62. The molecule has 0 unspecified atom stereocenters. The van der Waals surface area contributed by atoms with Crippen LogP contribution in [0.4, 0.5) is 0 Å². The van der Waals surface area contributed by atoms with Gasteiger partial charge in [-0.25, -0.2) is 0 Å². The van der Waals surface area contributed by atoms with Gasteiger partial charge < -0.3 is 4.57 Å². The fourth-order valence-corrected chi connectivity index (χ4v) is 9.19. The molecule has 1 aliphatic carbocycles. The van der Waals surface area contributed by atoms with Crippen LogP contribution in [0, 0.1) is 0 Å². The van der Waals surface area contributed by atoms with E-state index in [-0.39, 0.29) is 0 Å². The molecule has 0 atom stereocenters. The van der Waals surface area contributed by atoms with Gasteiger partial charge in [0.1, 0.15) is 0 Å². The molecule has 2 heteroatoms. The van der Waals surface area contributed by atoms with Gasteiger partial charge in [-0.05, 0) is 69.1 Å². The van der Waals surface area contributed by atoms with Crippen molar-refractivity contribution >= 4 is 44.3 Å². The Morgan fingerprint density at radius 1 is 0.419 bits per heavy atom.